The van der Waals surface area contributed by atoms with Gasteiger partial charge >= 0.3 is 0 Å². The van der Waals surface area contributed by atoms with Crippen LogP contribution in [0.15, 0.2) is 48.5 Å². The Balaban J connectivity index is 1.73. The third-order valence-corrected chi connectivity index (χ3v) is 4.16. The molecule has 0 aliphatic rings. The molecule has 0 radical (unpaired) electrons. The number of carbonyl (C=O) groups excluding carboxylic acids is 3. The normalized spacial score (nSPS) is 10.3. The Kier molecular flexibility index (Phi) is 8.48. The maximum absolute atomic E-state index is 12.1. The molecule has 0 aliphatic heterocycles. The summed E-state index contributed by atoms with van der Waals surface area (Å²) in [5.74, 6) is -0.225. The highest BCUT2D eigenvalue weighted by Crippen LogP contribution is 2.13. The number of hydrazine groups is 1. The van der Waals surface area contributed by atoms with Crippen LogP contribution >= 0.6 is 11.6 Å². The van der Waals surface area contributed by atoms with Gasteiger partial charge in [0.25, 0.3) is 17.7 Å². The van der Waals surface area contributed by atoms with Crippen LogP contribution in [0.5, 0.6) is 5.75 Å². The predicted molar refractivity (Wildman–Crippen MR) is 111 cm³/mol. The van der Waals surface area contributed by atoms with Crippen molar-refractivity contribution in [3.05, 3.63) is 64.7 Å². The summed E-state index contributed by atoms with van der Waals surface area (Å²) in [6, 6.07) is 12.9. The molecule has 7 nitrogen and oxygen atoms in total. The molecule has 2 rings (SSSR count). The first-order valence-electron chi connectivity index (χ1n) is 9.21. The average molecular weight is 418 g/mol. The first kappa shape index (κ1) is 22.2. The molecule has 0 unspecified atom stereocenters. The van der Waals surface area contributed by atoms with Crippen LogP contribution in [0.3, 0.4) is 0 Å². The van der Waals surface area contributed by atoms with E-state index >= 15 is 0 Å². The van der Waals surface area contributed by atoms with E-state index < -0.39 is 17.7 Å². The lowest BCUT2D eigenvalue weighted by atomic mass is 10.1. The van der Waals surface area contributed by atoms with Crippen LogP contribution in [0, 0.1) is 5.92 Å². The van der Waals surface area contributed by atoms with Gasteiger partial charge in [0, 0.05) is 16.1 Å². The molecule has 0 spiro atoms. The standard InChI is InChI=1S/C21H24ClN3O4/c1-14(2)11-12-29-18-9-5-16(6-10-18)21(28)25-24-19(26)13-23-20(27)15-3-7-17(22)8-4-15/h3-10,14H,11-13H2,1-2H3,(H,23,27)(H,24,26)(H,25,28). The van der Waals surface area contributed by atoms with Gasteiger partial charge in [0.15, 0.2) is 0 Å². The monoisotopic (exact) mass is 417 g/mol. The van der Waals surface area contributed by atoms with Crippen LogP contribution in [-0.2, 0) is 4.79 Å². The van der Waals surface area contributed by atoms with Crippen molar-refractivity contribution >= 4 is 29.3 Å². The van der Waals surface area contributed by atoms with Crippen molar-refractivity contribution in [3.8, 4) is 5.75 Å². The molecule has 0 aromatic heterocycles. The predicted octanol–water partition coefficient (Wildman–Crippen LogP) is 2.96. The second-order valence-corrected chi connectivity index (χ2v) is 7.18. The van der Waals surface area contributed by atoms with Gasteiger partial charge in [0.2, 0.25) is 0 Å². The van der Waals surface area contributed by atoms with E-state index in [-0.39, 0.29) is 6.54 Å². The molecule has 3 N–H and O–H groups in total. The van der Waals surface area contributed by atoms with Gasteiger partial charge in [-0.25, -0.2) is 0 Å². The highest BCUT2D eigenvalue weighted by atomic mass is 35.5. The zero-order chi connectivity index (χ0) is 21.2. The number of benzene rings is 2. The molecular formula is C21H24ClN3O4. The van der Waals surface area contributed by atoms with E-state index in [0.717, 1.165) is 6.42 Å². The summed E-state index contributed by atoms with van der Waals surface area (Å²) in [4.78, 5) is 35.8. The van der Waals surface area contributed by atoms with Crippen molar-refractivity contribution in [2.24, 2.45) is 5.92 Å². The lowest BCUT2D eigenvalue weighted by Crippen LogP contribution is -2.46. The van der Waals surface area contributed by atoms with Gasteiger partial charge in [-0.2, -0.15) is 0 Å². The molecule has 0 atom stereocenters. The minimum Gasteiger partial charge on any atom is -0.494 e. The van der Waals surface area contributed by atoms with Gasteiger partial charge in [0.1, 0.15) is 5.75 Å². The summed E-state index contributed by atoms with van der Waals surface area (Å²) in [6.07, 6.45) is 0.947. The summed E-state index contributed by atoms with van der Waals surface area (Å²) < 4.78 is 5.60. The van der Waals surface area contributed by atoms with E-state index in [4.69, 9.17) is 16.3 Å². The van der Waals surface area contributed by atoms with Crippen LogP contribution in [0.2, 0.25) is 5.02 Å². The van der Waals surface area contributed by atoms with E-state index in [0.29, 0.717) is 34.4 Å². The Bertz CT molecular complexity index is 836. The second-order valence-electron chi connectivity index (χ2n) is 6.75. The number of amides is 3. The van der Waals surface area contributed by atoms with Gasteiger partial charge in [-0.15, -0.1) is 0 Å². The zero-order valence-corrected chi connectivity index (χ0v) is 17.1. The van der Waals surface area contributed by atoms with Gasteiger partial charge < -0.3 is 10.1 Å². The summed E-state index contributed by atoms with van der Waals surface area (Å²) in [5.41, 5.74) is 5.30. The van der Waals surface area contributed by atoms with E-state index in [1.165, 1.54) is 0 Å². The molecule has 29 heavy (non-hydrogen) atoms. The Morgan fingerprint density at radius 2 is 1.48 bits per heavy atom. The topological polar surface area (TPSA) is 96.5 Å². The van der Waals surface area contributed by atoms with E-state index in [2.05, 4.69) is 30.0 Å². The third kappa shape index (κ3) is 7.83. The third-order valence-electron chi connectivity index (χ3n) is 3.91. The van der Waals surface area contributed by atoms with E-state index in [1.54, 1.807) is 48.5 Å². The molecule has 0 saturated carbocycles. The second kappa shape index (κ2) is 11.1. The van der Waals surface area contributed by atoms with Gasteiger partial charge in [-0.1, -0.05) is 25.4 Å². The van der Waals surface area contributed by atoms with Crippen molar-refractivity contribution in [1.29, 1.82) is 0 Å². The number of nitrogens with one attached hydrogen (secondary N) is 3. The fraction of sp³-hybridized carbons (Fsp3) is 0.286. The van der Waals surface area contributed by atoms with Crippen molar-refractivity contribution in [2.75, 3.05) is 13.2 Å². The molecular weight excluding hydrogens is 394 g/mol. The number of ether oxygens (including phenoxy) is 1. The van der Waals surface area contributed by atoms with Crippen LogP contribution < -0.4 is 20.9 Å². The Hall–Kier alpha value is -3.06. The minimum absolute atomic E-state index is 0.287. The lowest BCUT2D eigenvalue weighted by molar-refractivity contribution is -0.120. The Morgan fingerprint density at radius 3 is 2.10 bits per heavy atom. The van der Waals surface area contributed by atoms with Crippen LogP contribution in [0.1, 0.15) is 41.0 Å². The summed E-state index contributed by atoms with van der Waals surface area (Å²) in [6.45, 7) is 4.56. The van der Waals surface area contributed by atoms with Gasteiger partial charge in [-0.05, 0) is 60.9 Å². The van der Waals surface area contributed by atoms with Crippen molar-refractivity contribution in [2.45, 2.75) is 20.3 Å². The molecule has 2 aromatic rings. The molecule has 2 aromatic carbocycles. The minimum atomic E-state index is -0.561. The Labute approximate surface area is 174 Å². The van der Waals surface area contributed by atoms with Crippen LogP contribution in [-0.4, -0.2) is 30.9 Å². The number of halogens is 1. The van der Waals surface area contributed by atoms with E-state index in [9.17, 15) is 14.4 Å². The maximum atomic E-state index is 12.1. The van der Waals surface area contributed by atoms with Crippen molar-refractivity contribution in [3.63, 3.8) is 0 Å². The van der Waals surface area contributed by atoms with Crippen LogP contribution in [0.4, 0.5) is 0 Å². The summed E-state index contributed by atoms with van der Waals surface area (Å²) in [5, 5.41) is 2.97. The molecule has 0 bridgehead atoms. The van der Waals surface area contributed by atoms with Crippen molar-refractivity contribution in [1.82, 2.24) is 16.2 Å². The maximum Gasteiger partial charge on any atom is 0.269 e. The molecule has 0 heterocycles. The smallest absolute Gasteiger partial charge is 0.269 e. The van der Waals surface area contributed by atoms with Gasteiger partial charge in [0.05, 0.1) is 13.2 Å². The molecule has 154 valence electrons. The van der Waals surface area contributed by atoms with E-state index in [1.807, 2.05) is 0 Å². The number of rotatable bonds is 8. The van der Waals surface area contributed by atoms with Crippen molar-refractivity contribution < 1.29 is 19.1 Å². The summed E-state index contributed by atoms with van der Waals surface area (Å²) >= 11 is 5.76. The SMILES string of the molecule is CC(C)CCOc1ccc(C(=O)NNC(=O)CNC(=O)c2ccc(Cl)cc2)cc1. The summed E-state index contributed by atoms with van der Waals surface area (Å²) in [7, 11) is 0. The average Bonchev–Trinajstić information content (AvgIpc) is 2.71. The molecule has 3 amide bonds. The molecule has 0 aliphatic carbocycles. The first-order valence-corrected chi connectivity index (χ1v) is 9.58. The van der Waals surface area contributed by atoms with Gasteiger partial charge in [-0.3, -0.25) is 25.2 Å². The van der Waals surface area contributed by atoms with Crippen LogP contribution in [0.25, 0.3) is 0 Å². The number of hydrogen-bond donors (Lipinski definition) is 3. The highest BCUT2D eigenvalue weighted by molar-refractivity contribution is 6.30. The fourth-order valence-corrected chi connectivity index (χ4v) is 2.35. The largest absolute Gasteiger partial charge is 0.494 e. The quantitative estimate of drug-likeness (QED) is 0.575. The lowest BCUT2D eigenvalue weighted by Gasteiger charge is -2.10. The first-order chi connectivity index (χ1) is 13.8. The number of carbonyl (C=O) groups is 3. The highest BCUT2D eigenvalue weighted by Gasteiger charge is 2.10. The molecule has 0 saturated heterocycles. The fourth-order valence-electron chi connectivity index (χ4n) is 2.22. The number of hydrogen-bond acceptors (Lipinski definition) is 4. The zero-order valence-electron chi connectivity index (χ0n) is 16.3. The molecule has 0 fully saturated rings. The molecule has 8 heteroatoms. The Morgan fingerprint density at radius 1 is 0.897 bits per heavy atom.